The topological polar surface area (TPSA) is 65.1 Å². The van der Waals surface area contributed by atoms with Gasteiger partial charge in [-0.3, -0.25) is 9.59 Å². The maximum absolute atomic E-state index is 11.7. The van der Waals surface area contributed by atoms with E-state index < -0.39 is 0 Å². The fourth-order valence-corrected chi connectivity index (χ4v) is 1.61. The van der Waals surface area contributed by atoms with Crippen molar-refractivity contribution in [3.63, 3.8) is 0 Å². The Morgan fingerprint density at radius 3 is 2.59 bits per heavy atom. The summed E-state index contributed by atoms with van der Waals surface area (Å²) in [5.41, 5.74) is 6.89. The van der Waals surface area contributed by atoms with Gasteiger partial charge in [-0.25, -0.2) is 0 Å². The van der Waals surface area contributed by atoms with Gasteiger partial charge < -0.3 is 10.3 Å². The third-order valence-electron chi connectivity index (χ3n) is 2.51. The molecule has 1 heterocycles. The van der Waals surface area contributed by atoms with Crippen molar-refractivity contribution in [3.05, 3.63) is 64.1 Å². The minimum absolute atomic E-state index is 0.211. The number of nitrogen functional groups attached to an aromatic ring is 1. The smallest absolute Gasteiger partial charge is 0.252 e. The molecule has 0 unspecified atom stereocenters. The van der Waals surface area contributed by atoms with Gasteiger partial charge in [0, 0.05) is 18.0 Å². The van der Waals surface area contributed by atoms with Gasteiger partial charge in [0.2, 0.25) is 0 Å². The lowest BCUT2D eigenvalue weighted by Gasteiger charge is -2.07. The largest absolute Gasteiger partial charge is 0.398 e. The van der Waals surface area contributed by atoms with Crippen molar-refractivity contribution in [3.8, 4) is 0 Å². The number of nitrogens with zero attached hydrogens (tertiary/aromatic N) is 1. The molecule has 0 bridgehead atoms. The van der Waals surface area contributed by atoms with Gasteiger partial charge in [-0.15, -0.1) is 0 Å². The number of pyridine rings is 1. The summed E-state index contributed by atoms with van der Waals surface area (Å²) in [6, 6.07) is 10.8. The normalized spacial score (nSPS) is 10.1. The number of hydrogen-bond acceptors (Lipinski definition) is 3. The molecule has 17 heavy (non-hydrogen) atoms. The highest BCUT2D eigenvalue weighted by Crippen LogP contribution is 2.06. The van der Waals surface area contributed by atoms with E-state index in [1.54, 1.807) is 0 Å². The van der Waals surface area contributed by atoms with Crippen LogP contribution in [0.1, 0.15) is 15.9 Å². The molecular weight excluding hydrogens is 216 g/mol. The molecule has 86 valence electrons. The predicted octanol–water partition coefficient (Wildman–Crippen LogP) is 1.29. The lowest BCUT2D eigenvalue weighted by molar-refractivity contribution is 0.112. The highest BCUT2D eigenvalue weighted by Gasteiger charge is 2.03. The Labute approximate surface area is 98.3 Å². The van der Waals surface area contributed by atoms with E-state index in [9.17, 15) is 9.59 Å². The zero-order valence-corrected chi connectivity index (χ0v) is 9.17. The van der Waals surface area contributed by atoms with Gasteiger partial charge >= 0.3 is 0 Å². The number of carbonyl (C=O) groups is 1. The van der Waals surface area contributed by atoms with E-state index in [2.05, 4.69) is 0 Å². The molecule has 0 fully saturated rings. The molecule has 0 aliphatic carbocycles. The van der Waals surface area contributed by atoms with Crippen LogP contribution in [0, 0.1) is 0 Å². The Balaban J connectivity index is 2.40. The van der Waals surface area contributed by atoms with Gasteiger partial charge in [0.05, 0.1) is 12.1 Å². The van der Waals surface area contributed by atoms with Crippen LogP contribution < -0.4 is 11.3 Å². The Bertz CT molecular complexity index is 588. The van der Waals surface area contributed by atoms with Crippen LogP contribution in [0.25, 0.3) is 0 Å². The number of nitrogens with two attached hydrogens (primary N) is 1. The van der Waals surface area contributed by atoms with E-state index in [0.717, 1.165) is 5.56 Å². The third kappa shape index (κ3) is 2.42. The molecule has 0 spiro atoms. The Kier molecular flexibility index (Phi) is 3.05. The van der Waals surface area contributed by atoms with Crippen LogP contribution in [0.3, 0.4) is 0 Å². The summed E-state index contributed by atoms with van der Waals surface area (Å²) in [7, 11) is 0. The Hall–Kier alpha value is -2.36. The molecule has 4 nitrogen and oxygen atoms in total. The first-order valence-electron chi connectivity index (χ1n) is 5.20. The van der Waals surface area contributed by atoms with E-state index in [0.29, 0.717) is 18.4 Å². The van der Waals surface area contributed by atoms with Gasteiger partial charge in [-0.1, -0.05) is 30.3 Å². The van der Waals surface area contributed by atoms with Gasteiger partial charge in [0.1, 0.15) is 0 Å². The molecule has 2 N–H and O–H groups in total. The minimum Gasteiger partial charge on any atom is -0.398 e. The second-order valence-corrected chi connectivity index (χ2v) is 3.75. The number of rotatable bonds is 3. The van der Waals surface area contributed by atoms with Gasteiger partial charge in [0.15, 0.2) is 6.29 Å². The first-order chi connectivity index (χ1) is 8.20. The number of anilines is 1. The SMILES string of the molecule is Nc1cc(=O)n(Cc2ccccc2)cc1C=O. The average molecular weight is 228 g/mol. The predicted molar refractivity (Wildman–Crippen MR) is 66.0 cm³/mol. The number of aldehydes is 1. The second kappa shape index (κ2) is 4.65. The van der Waals surface area contributed by atoms with E-state index in [-0.39, 0.29) is 11.2 Å². The maximum atomic E-state index is 11.7. The molecule has 0 atom stereocenters. The molecule has 0 saturated carbocycles. The standard InChI is InChI=1S/C13H12N2O2/c14-12-6-13(17)15(8-11(12)9-16)7-10-4-2-1-3-5-10/h1-6,8-9H,7,14H2. The lowest BCUT2D eigenvalue weighted by atomic mass is 10.2. The molecule has 0 amide bonds. The monoisotopic (exact) mass is 228 g/mol. The summed E-state index contributed by atoms with van der Waals surface area (Å²) in [6.07, 6.45) is 2.13. The van der Waals surface area contributed by atoms with Crippen LogP contribution >= 0.6 is 0 Å². The van der Waals surface area contributed by atoms with Crippen LogP contribution in [0.4, 0.5) is 5.69 Å². The van der Waals surface area contributed by atoms with Crippen molar-refractivity contribution >= 4 is 12.0 Å². The van der Waals surface area contributed by atoms with Gasteiger partial charge in [-0.05, 0) is 5.56 Å². The molecule has 1 aromatic heterocycles. The summed E-state index contributed by atoms with van der Waals surface area (Å²) in [6.45, 7) is 0.431. The number of hydrogen-bond donors (Lipinski definition) is 1. The molecule has 2 aromatic rings. The molecule has 0 aliphatic heterocycles. The highest BCUT2D eigenvalue weighted by atomic mass is 16.1. The highest BCUT2D eigenvalue weighted by molar-refractivity contribution is 5.82. The second-order valence-electron chi connectivity index (χ2n) is 3.75. The molecule has 0 saturated heterocycles. The number of carbonyl (C=O) groups excluding carboxylic acids is 1. The third-order valence-corrected chi connectivity index (χ3v) is 2.51. The van der Waals surface area contributed by atoms with E-state index in [1.807, 2.05) is 30.3 Å². The fourth-order valence-electron chi connectivity index (χ4n) is 1.61. The summed E-state index contributed by atoms with van der Waals surface area (Å²) < 4.78 is 1.47. The van der Waals surface area contributed by atoms with Crippen molar-refractivity contribution in [1.29, 1.82) is 0 Å². The summed E-state index contributed by atoms with van der Waals surface area (Å²) in [4.78, 5) is 22.4. The fraction of sp³-hybridized carbons (Fsp3) is 0.0769. The molecule has 0 radical (unpaired) electrons. The summed E-state index contributed by atoms with van der Waals surface area (Å²) >= 11 is 0. The van der Waals surface area contributed by atoms with E-state index in [1.165, 1.54) is 16.8 Å². The minimum atomic E-state index is -0.211. The molecular formula is C13H12N2O2. The van der Waals surface area contributed by atoms with Crippen molar-refractivity contribution in [1.82, 2.24) is 4.57 Å². The van der Waals surface area contributed by atoms with Crippen LogP contribution in [-0.2, 0) is 6.54 Å². The Morgan fingerprint density at radius 1 is 1.24 bits per heavy atom. The van der Waals surface area contributed by atoms with Crippen molar-refractivity contribution < 1.29 is 4.79 Å². The Morgan fingerprint density at radius 2 is 1.94 bits per heavy atom. The molecule has 4 heteroatoms. The van der Waals surface area contributed by atoms with E-state index >= 15 is 0 Å². The zero-order chi connectivity index (χ0) is 12.3. The summed E-state index contributed by atoms with van der Waals surface area (Å²) in [5.74, 6) is 0. The van der Waals surface area contributed by atoms with Crippen LogP contribution in [0.5, 0.6) is 0 Å². The first kappa shape index (κ1) is 11.1. The van der Waals surface area contributed by atoms with Crippen LogP contribution in [-0.4, -0.2) is 10.9 Å². The zero-order valence-electron chi connectivity index (χ0n) is 9.17. The lowest BCUT2D eigenvalue weighted by Crippen LogP contribution is -2.21. The van der Waals surface area contributed by atoms with E-state index in [4.69, 9.17) is 5.73 Å². The van der Waals surface area contributed by atoms with Crippen molar-refractivity contribution in [2.75, 3.05) is 5.73 Å². The van der Waals surface area contributed by atoms with Gasteiger partial charge in [0.25, 0.3) is 5.56 Å². The molecule has 0 aliphatic rings. The molecule has 2 rings (SSSR count). The quantitative estimate of drug-likeness (QED) is 0.805. The van der Waals surface area contributed by atoms with Crippen LogP contribution in [0.15, 0.2) is 47.4 Å². The van der Waals surface area contributed by atoms with Crippen LogP contribution in [0.2, 0.25) is 0 Å². The average Bonchev–Trinajstić information content (AvgIpc) is 2.34. The van der Waals surface area contributed by atoms with Crippen molar-refractivity contribution in [2.24, 2.45) is 0 Å². The number of aromatic nitrogens is 1. The number of benzene rings is 1. The maximum Gasteiger partial charge on any atom is 0.252 e. The van der Waals surface area contributed by atoms with Crippen molar-refractivity contribution in [2.45, 2.75) is 6.54 Å². The first-order valence-corrected chi connectivity index (χ1v) is 5.20. The summed E-state index contributed by atoms with van der Waals surface area (Å²) in [5, 5.41) is 0. The van der Waals surface area contributed by atoms with Gasteiger partial charge in [-0.2, -0.15) is 0 Å². The molecule has 1 aromatic carbocycles.